The third-order valence-corrected chi connectivity index (χ3v) is 4.36. The van der Waals surface area contributed by atoms with Crippen LogP contribution in [0.5, 0.6) is 0 Å². The average molecular weight is 274 g/mol. The normalized spacial score (nSPS) is 26.1. The molecule has 20 heavy (non-hydrogen) atoms. The fourth-order valence-electron chi connectivity index (χ4n) is 3.53. The molecule has 0 saturated heterocycles. The number of nitrogens with one attached hydrogen (secondary N) is 1. The standard InChI is InChI=1S/C16H26N4/c1-12(2)18-16(11-17)8-5-6-15(16)7-9-20-14(4)10-13(3)19-20/h10,12,15,18H,5-9H2,1-4H3. The molecule has 1 aromatic rings. The summed E-state index contributed by atoms with van der Waals surface area (Å²) in [6, 6.07) is 5.03. The zero-order chi connectivity index (χ0) is 14.8. The predicted molar refractivity (Wildman–Crippen MR) is 80.3 cm³/mol. The number of rotatable bonds is 5. The highest BCUT2D eigenvalue weighted by Gasteiger charge is 2.43. The lowest BCUT2D eigenvalue weighted by Crippen LogP contribution is -2.50. The molecule has 1 heterocycles. The largest absolute Gasteiger partial charge is 0.297 e. The van der Waals surface area contributed by atoms with Crippen molar-refractivity contribution < 1.29 is 0 Å². The molecular weight excluding hydrogens is 248 g/mol. The van der Waals surface area contributed by atoms with Crippen molar-refractivity contribution in [3.8, 4) is 6.07 Å². The first-order valence-electron chi connectivity index (χ1n) is 7.67. The van der Waals surface area contributed by atoms with Gasteiger partial charge in [0.05, 0.1) is 11.8 Å². The molecular formula is C16H26N4. The van der Waals surface area contributed by atoms with Gasteiger partial charge in [-0.15, -0.1) is 0 Å². The highest BCUT2D eigenvalue weighted by Crippen LogP contribution is 2.38. The quantitative estimate of drug-likeness (QED) is 0.898. The Balaban J connectivity index is 2.04. The van der Waals surface area contributed by atoms with Gasteiger partial charge in [-0.3, -0.25) is 10.00 Å². The lowest BCUT2D eigenvalue weighted by Gasteiger charge is -2.32. The van der Waals surface area contributed by atoms with Gasteiger partial charge >= 0.3 is 0 Å². The van der Waals surface area contributed by atoms with Crippen molar-refractivity contribution in [1.82, 2.24) is 15.1 Å². The molecule has 0 amide bonds. The molecule has 4 nitrogen and oxygen atoms in total. The zero-order valence-corrected chi connectivity index (χ0v) is 13.1. The Labute approximate surface area is 122 Å². The van der Waals surface area contributed by atoms with Crippen LogP contribution in [0.15, 0.2) is 6.07 Å². The maximum Gasteiger partial charge on any atom is 0.109 e. The van der Waals surface area contributed by atoms with E-state index in [1.54, 1.807) is 0 Å². The number of hydrogen-bond donors (Lipinski definition) is 1. The van der Waals surface area contributed by atoms with Crippen LogP contribution in [-0.4, -0.2) is 21.4 Å². The van der Waals surface area contributed by atoms with Crippen LogP contribution in [0.3, 0.4) is 0 Å². The van der Waals surface area contributed by atoms with Crippen LogP contribution < -0.4 is 5.32 Å². The smallest absolute Gasteiger partial charge is 0.109 e. The second kappa shape index (κ2) is 5.97. The number of aromatic nitrogens is 2. The molecule has 2 atom stereocenters. The summed E-state index contributed by atoms with van der Waals surface area (Å²) in [6.07, 6.45) is 4.29. The topological polar surface area (TPSA) is 53.6 Å². The molecule has 2 unspecified atom stereocenters. The van der Waals surface area contributed by atoms with Gasteiger partial charge in [0, 0.05) is 18.3 Å². The minimum atomic E-state index is -0.329. The molecule has 0 radical (unpaired) electrons. The van der Waals surface area contributed by atoms with Gasteiger partial charge in [-0.25, -0.2) is 0 Å². The Bertz CT molecular complexity index is 497. The SMILES string of the molecule is Cc1cc(C)n(CCC2CCCC2(C#N)NC(C)C)n1. The second-order valence-corrected chi connectivity index (χ2v) is 6.41. The van der Waals surface area contributed by atoms with Crippen molar-refractivity contribution >= 4 is 0 Å². The number of aryl methyl sites for hydroxylation is 3. The molecule has 1 aliphatic rings. The molecule has 1 N–H and O–H groups in total. The first-order chi connectivity index (χ1) is 9.47. The minimum absolute atomic E-state index is 0.329. The van der Waals surface area contributed by atoms with Crippen molar-refractivity contribution in [3.05, 3.63) is 17.5 Å². The highest BCUT2D eigenvalue weighted by atomic mass is 15.3. The Morgan fingerprint density at radius 3 is 2.85 bits per heavy atom. The molecule has 0 bridgehead atoms. The lowest BCUT2D eigenvalue weighted by molar-refractivity contribution is 0.268. The summed E-state index contributed by atoms with van der Waals surface area (Å²) in [5.41, 5.74) is 1.95. The maximum absolute atomic E-state index is 9.66. The van der Waals surface area contributed by atoms with E-state index in [1.165, 1.54) is 5.69 Å². The molecule has 1 fully saturated rings. The molecule has 0 spiro atoms. The summed E-state index contributed by atoms with van der Waals surface area (Å²) in [6.45, 7) is 9.27. The summed E-state index contributed by atoms with van der Waals surface area (Å²) in [5.74, 6) is 0.429. The Kier molecular flexibility index (Phi) is 4.49. The van der Waals surface area contributed by atoms with Gasteiger partial charge in [-0.05, 0) is 58.9 Å². The van der Waals surface area contributed by atoms with Crippen LogP contribution in [0.1, 0.15) is 50.9 Å². The van der Waals surface area contributed by atoms with E-state index in [4.69, 9.17) is 0 Å². The van der Waals surface area contributed by atoms with Gasteiger partial charge in [0.25, 0.3) is 0 Å². The molecule has 0 aromatic carbocycles. The van der Waals surface area contributed by atoms with Gasteiger partial charge in [0.1, 0.15) is 5.54 Å². The molecule has 1 aliphatic carbocycles. The van der Waals surface area contributed by atoms with Crippen LogP contribution in [0.2, 0.25) is 0 Å². The van der Waals surface area contributed by atoms with Gasteiger partial charge in [-0.1, -0.05) is 6.42 Å². The molecule has 0 aliphatic heterocycles. The fourth-order valence-corrected chi connectivity index (χ4v) is 3.53. The summed E-state index contributed by atoms with van der Waals surface area (Å²) < 4.78 is 2.07. The van der Waals surface area contributed by atoms with Crippen molar-refractivity contribution in [2.24, 2.45) is 5.92 Å². The summed E-state index contributed by atoms with van der Waals surface area (Å²) in [4.78, 5) is 0. The van der Waals surface area contributed by atoms with Crippen LogP contribution in [0.4, 0.5) is 0 Å². The first-order valence-corrected chi connectivity index (χ1v) is 7.67. The van der Waals surface area contributed by atoms with Crippen LogP contribution in [-0.2, 0) is 6.54 Å². The van der Waals surface area contributed by atoms with Gasteiger partial charge in [-0.2, -0.15) is 10.4 Å². The second-order valence-electron chi connectivity index (χ2n) is 6.41. The van der Waals surface area contributed by atoms with E-state index in [1.807, 2.05) is 6.92 Å². The molecule has 4 heteroatoms. The molecule has 1 saturated carbocycles. The zero-order valence-electron chi connectivity index (χ0n) is 13.1. The van der Waals surface area contributed by atoms with E-state index in [2.05, 4.69) is 48.0 Å². The first kappa shape index (κ1) is 15.1. The average Bonchev–Trinajstić information content (AvgIpc) is 2.90. The van der Waals surface area contributed by atoms with Crippen LogP contribution in [0.25, 0.3) is 0 Å². The maximum atomic E-state index is 9.66. The van der Waals surface area contributed by atoms with Crippen molar-refractivity contribution in [2.45, 2.75) is 71.5 Å². The summed E-state index contributed by atoms with van der Waals surface area (Å²) >= 11 is 0. The number of nitrogens with zero attached hydrogens (tertiary/aromatic N) is 3. The van der Waals surface area contributed by atoms with E-state index in [0.717, 1.165) is 37.9 Å². The predicted octanol–water partition coefficient (Wildman–Crippen LogP) is 2.95. The molecule has 110 valence electrons. The Morgan fingerprint density at radius 1 is 1.55 bits per heavy atom. The third kappa shape index (κ3) is 3.04. The monoisotopic (exact) mass is 274 g/mol. The number of nitriles is 1. The van der Waals surface area contributed by atoms with Gasteiger partial charge in [0.2, 0.25) is 0 Å². The lowest BCUT2D eigenvalue weighted by atomic mass is 9.85. The van der Waals surface area contributed by atoms with Crippen molar-refractivity contribution in [3.63, 3.8) is 0 Å². The summed E-state index contributed by atoms with van der Waals surface area (Å²) in [7, 11) is 0. The van der Waals surface area contributed by atoms with E-state index < -0.39 is 0 Å². The Morgan fingerprint density at radius 2 is 2.30 bits per heavy atom. The van der Waals surface area contributed by atoms with Crippen molar-refractivity contribution in [1.29, 1.82) is 5.26 Å². The number of hydrogen-bond acceptors (Lipinski definition) is 3. The van der Waals surface area contributed by atoms with Crippen LogP contribution in [0, 0.1) is 31.1 Å². The molecule has 2 rings (SSSR count). The highest BCUT2D eigenvalue weighted by molar-refractivity contribution is 5.14. The van der Waals surface area contributed by atoms with E-state index in [-0.39, 0.29) is 5.54 Å². The third-order valence-electron chi connectivity index (χ3n) is 4.36. The van der Waals surface area contributed by atoms with E-state index in [0.29, 0.717) is 12.0 Å². The minimum Gasteiger partial charge on any atom is -0.297 e. The Hall–Kier alpha value is -1.34. The van der Waals surface area contributed by atoms with Gasteiger partial charge in [0.15, 0.2) is 0 Å². The van der Waals surface area contributed by atoms with Gasteiger partial charge < -0.3 is 0 Å². The fraction of sp³-hybridized carbons (Fsp3) is 0.750. The van der Waals surface area contributed by atoms with E-state index >= 15 is 0 Å². The van der Waals surface area contributed by atoms with Crippen LogP contribution >= 0.6 is 0 Å². The van der Waals surface area contributed by atoms with Crippen molar-refractivity contribution in [2.75, 3.05) is 0 Å². The van der Waals surface area contributed by atoms with E-state index in [9.17, 15) is 5.26 Å². The molecule has 1 aromatic heterocycles. The summed E-state index contributed by atoms with van der Waals surface area (Å²) in [5, 5.41) is 17.7.